The zero-order chi connectivity index (χ0) is 12.0. The molecule has 4 nitrogen and oxygen atoms in total. The maximum atomic E-state index is 5.65. The molecule has 0 amide bonds. The van der Waals surface area contributed by atoms with E-state index in [1.54, 1.807) is 0 Å². The molecule has 0 radical (unpaired) electrons. The second kappa shape index (κ2) is 6.66. The van der Waals surface area contributed by atoms with Crippen molar-refractivity contribution in [2.45, 2.75) is 45.8 Å². The largest absolute Gasteiger partial charge is 0.377 e. The Morgan fingerprint density at radius 3 is 2.81 bits per heavy atom. The maximum Gasteiger partial charge on any atom is 0.111 e. The SMILES string of the molecule is CCOC(CN)CCn1ccnc1C(C)C. The normalized spacial score (nSPS) is 13.3. The number of ether oxygens (including phenoxy) is 1. The van der Waals surface area contributed by atoms with E-state index in [1.807, 2.05) is 19.3 Å². The van der Waals surface area contributed by atoms with Crippen LogP contribution in [0.5, 0.6) is 0 Å². The lowest BCUT2D eigenvalue weighted by Gasteiger charge is -2.16. The predicted octanol–water partition coefficient (Wildman–Crippen LogP) is 1.76. The van der Waals surface area contributed by atoms with Crippen molar-refractivity contribution in [1.82, 2.24) is 9.55 Å². The minimum Gasteiger partial charge on any atom is -0.377 e. The van der Waals surface area contributed by atoms with E-state index in [2.05, 4.69) is 23.4 Å². The molecule has 1 atom stereocenters. The molecule has 0 aromatic carbocycles. The Morgan fingerprint density at radius 2 is 2.25 bits per heavy atom. The molecule has 1 aromatic rings. The van der Waals surface area contributed by atoms with Crippen LogP contribution in [0.3, 0.4) is 0 Å². The van der Waals surface area contributed by atoms with E-state index in [4.69, 9.17) is 10.5 Å². The first-order valence-corrected chi connectivity index (χ1v) is 6.01. The van der Waals surface area contributed by atoms with Gasteiger partial charge in [0.1, 0.15) is 5.82 Å². The number of nitrogens with two attached hydrogens (primary N) is 1. The van der Waals surface area contributed by atoms with E-state index in [0.717, 1.165) is 25.4 Å². The number of nitrogens with zero attached hydrogens (tertiary/aromatic N) is 2. The van der Waals surface area contributed by atoms with Crippen LogP contribution in [0.2, 0.25) is 0 Å². The van der Waals surface area contributed by atoms with Crippen LogP contribution >= 0.6 is 0 Å². The molecule has 0 spiro atoms. The fourth-order valence-corrected chi connectivity index (χ4v) is 1.80. The van der Waals surface area contributed by atoms with Gasteiger partial charge in [-0.25, -0.2) is 4.98 Å². The van der Waals surface area contributed by atoms with Gasteiger partial charge in [0.15, 0.2) is 0 Å². The minimum absolute atomic E-state index is 0.160. The van der Waals surface area contributed by atoms with Crippen molar-refractivity contribution in [3.05, 3.63) is 18.2 Å². The number of aromatic nitrogens is 2. The van der Waals surface area contributed by atoms with Crippen LogP contribution in [-0.2, 0) is 11.3 Å². The monoisotopic (exact) mass is 225 g/mol. The van der Waals surface area contributed by atoms with Crippen molar-refractivity contribution in [2.24, 2.45) is 5.73 Å². The van der Waals surface area contributed by atoms with E-state index >= 15 is 0 Å². The van der Waals surface area contributed by atoms with Crippen molar-refractivity contribution < 1.29 is 4.74 Å². The van der Waals surface area contributed by atoms with Gasteiger partial charge in [0, 0.05) is 38.0 Å². The Kier molecular flexibility index (Phi) is 5.49. The summed E-state index contributed by atoms with van der Waals surface area (Å²) in [6.45, 7) is 8.54. The molecule has 16 heavy (non-hydrogen) atoms. The second-order valence-electron chi connectivity index (χ2n) is 4.24. The van der Waals surface area contributed by atoms with Gasteiger partial charge in [-0.15, -0.1) is 0 Å². The van der Waals surface area contributed by atoms with Gasteiger partial charge in [-0.2, -0.15) is 0 Å². The van der Waals surface area contributed by atoms with Crippen LogP contribution in [0.4, 0.5) is 0 Å². The van der Waals surface area contributed by atoms with Crippen molar-refractivity contribution in [1.29, 1.82) is 0 Å². The summed E-state index contributed by atoms with van der Waals surface area (Å²) >= 11 is 0. The zero-order valence-corrected chi connectivity index (χ0v) is 10.5. The first-order chi connectivity index (χ1) is 7.69. The van der Waals surface area contributed by atoms with Crippen LogP contribution < -0.4 is 5.73 Å². The molecule has 0 saturated heterocycles. The fraction of sp³-hybridized carbons (Fsp3) is 0.750. The fourth-order valence-electron chi connectivity index (χ4n) is 1.80. The van der Waals surface area contributed by atoms with Gasteiger partial charge in [0.05, 0.1) is 6.10 Å². The lowest BCUT2D eigenvalue weighted by Crippen LogP contribution is -2.25. The molecule has 1 rings (SSSR count). The van der Waals surface area contributed by atoms with Gasteiger partial charge in [-0.05, 0) is 13.3 Å². The molecular weight excluding hydrogens is 202 g/mol. The van der Waals surface area contributed by atoms with Gasteiger partial charge in [-0.3, -0.25) is 0 Å². The van der Waals surface area contributed by atoms with E-state index in [9.17, 15) is 0 Å². The molecule has 1 aromatic heterocycles. The third kappa shape index (κ3) is 3.61. The first kappa shape index (κ1) is 13.2. The summed E-state index contributed by atoms with van der Waals surface area (Å²) in [5.74, 6) is 1.59. The van der Waals surface area contributed by atoms with Gasteiger partial charge in [0.2, 0.25) is 0 Å². The molecule has 0 saturated carbocycles. The Morgan fingerprint density at radius 1 is 1.50 bits per heavy atom. The molecule has 0 bridgehead atoms. The summed E-state index contributed by atoms with van der Waals surface area (Å²) in [4.78, 5) is 4.36. The molecule has 4 heteroatoms. The Bertz CT molecular complexity index is 296. The van der Waals surface area contributed by atoms with Crippen molar-refractivity contribution in [2.75, 3.05) is 13.2 Å². The maximum absolute atomic E-state index is 5.65. The molecule has 0 fully saturated rings. The van der Waals surface area contributed by atoms with E-state index in [-0.39, 0.29) is 6.10 Å². The van der Waals surface area contributed by atoms with Crippen LogP contribution in [0, 0.1) is 0 Å². The van der Waals surface area contributed by atoms with Gasteiger partial charge >= 0.3 is 0 Å². The van der Waals surface area contributed by atoms with E-state index in [0.29, 0.717) is 12.5 Å². The molecule has 1 unspecified atom stereocenters. The molecule has 2 N–H and O–H groups in total. The highest BCUT2D eigenvalue weighted by Gasteiger charge is 2.10. The Labute approximate surface area is 97.8 Å². The molecule has 1 heterocycles. The summed E-state index contributed by atoms with van der Waals surface area (Å²) in [5.41, 5.74) is 5.65. The van der Waals surface area contributed by atoms with Crippen LogP contribution in [0.1, 0.15) is 38.9 Å². The lowest BCUT2D eigenvalue weighted by molar-refractivity contribution is 0.0597. The highest BCUT2D eigenvalue weighted by Crippen LogP contribution is 2.12. The highest BCUT2D eigenvalue weighted by molar-refractivity contribution is 4.97. The number of hydrogen-bond acceptors (Lipinski definition) is 3. The van der Waals surface area contributed by atoms with Crippen molar-refractivity contribution >= 4 is 0 Å². The Hall–Kier alpha value is -0.870. The molecule has 0 aliphatic rings. The molecular formula is C12H23N3O. The molecule has 0 aliphatic heterocycles. The smallest absolute Gasteiger partial charge is 0.111 e. The zero-order valence-electron chi connectivity index (χ0n) is 10.5. The average Bonchev–Trinajstić information content (AvgIpc) is 2.72. The van der Waals surface area contributed by atoms with Crippen molar-refractivity contribution in [3.63, 3.8) is 0 Å². The molecule has 92 valence electrons. The topological polar surface area (TPSA) is 53.1 Å². The third-order valence-electron chi connectivity index (χ3n) is 2.62. The predicted molar refractivity (Wildman–Crippen MR) is 65.4 cm³/mol. The summed E-state index contributed by atoms with van der Waals surface area (Å²) in [5, 5.41) is 0. The number of rotatable bonds is 7. The van der Waals surface area contributed by atoms with Crippen LogP contribution in [0.15, 0.2) is 12.4 Å². The number of imidazole rings is 1. The number of hydrogen-bond donors (Lipinski definition) is 1. The number of aryl methyl sites for hydroxylation is 1. The van der Waals surface area contributed by atoms with Crippen molar-refractivity contribution in [3.8, 4) is 0 Å². The quantitative estimate of drug-likeness (QED) is 0.769. The third-order valence-corrected chi connectivity index (χ3v) is 2.62. The average molecular weight is 225 g/mol. The Balaban J connectivity index is 2.49. The van der Waals surface area contributed by atoms with Crippen LogP contribution in [-0.4, -0.2) is 28.8 Å². The van der Waals surface area contributed by atoms with Gasteiger partial charge < -0.3 is 15.0 Å². The second-order valence-corrected chi connectivity index (χ2v) is 4.24. The highest BCUT2D eigenvalue weighted by atomic mass is 16.5. The summed E-state index contributed by atoms with van der Waals surface area (Å²) in [6.07, 6.45) is 4.98. The summed E-state index contributed by atoms with van der Waals surface area (Å²) in [7, 11) is 0. The summed E-state index contributed by atoms with van der Waals surface area (Å²) < 4.78 is 7.72. The van der Waals surface area contributed by atoms with E-state index in [1.165, 1.54) is 0 Å². The summed E-state index contributed by atoms with van der Waals surface area (Å²) in [6, 6.07) is 0. The van der Waals surface area contributed by atoms with Crippen LogP contribution in [0.25, 0.3) is 0 Å². The van der Waals surface area contributed by atoms with Gasteiger partial charge in [-0.1, -0.05) is 13.8 Å². The van der Waals surface area contributed by atoms with Gasteiger partial charge in [0.25, 0.3) is 0 Å². The standard InChI is InChI=1S/C12H23N3O/c1-4-16-11(9-13)5-7-15-8-6-14-12(15)10(2)3/h6,8,10-11H,4-5,7,9,13H2,1-3H3. The molecule has 0 aliphatic carbocycles. The van der Waals surface area contributed by atoms with E-state index < -0.39 is 0 Å². The minimum atomic E-state index is 0.160. The first-order valence-electron chi connectivity index (χ1n) is 6.01. The lowest BCUT2D eigenvalue weighted by atomic mass is 10.2.